The van der Waals surface area contributed by atoms with E-state index in [-0.39, 0.29) is 91.9 Å². The molecule has 6 aliphatic rings. The molecule has 9 rings (SSSR count). The largest absolute Gasteiger partial charge is 0.379 e. The Morgan fingerprint density at radius 3 is 2.11 bits per heavy atom. The van der Waals surface area contributed by atoms with Gasteiger partial charge in [0.2, 0.25) is 29.5 Å². The Morgan fingerprint density at radius 1 is 0.739 bits per heavy atom. The van der Waals surface area contributed by atoms with Crippen LogP contribution >= 0.6 is 0 Å². The maximum Gasteiger partial charge on any atom is 0.320 e. The summed E-state index contributed by atoms with van der Waals surface area (Å²) >= 11 is 0. The van der Waals surface area contributed by atoms with Crippen molar-refractivity contribution in [2.45, 2.75) is 152 Å². The Kier molecular flexibility index (Phi) is 24.3. The van der Waals surface area contributed by atoms with E-state index in [4.69, 9.17) is 29.7 Å². The molecule has 88 heavy (non-hydrogen) atoms. The molecule has 0 spiro atoms. The van der Waals surface area contributed by atoms with Crippen LogP contribution in [0.1, 0.15) is 147 Å². The van der Waals surface area contributed by atoms with Gasteiger partial charge in [0.25, 0.3) is 5.91 Å². The van der Waals surface area contributed by atoms with Gasteiger partial charge in [0.05, 0.1) is 89.3 Å². The summed E-state index contributed by atoms with van der Waals surface area (Å²) in [5.41, 5.74) is 10.9. The highest BCUT2D eigenvalue weighted by Crippen LogP contribution is 2.34. The van der Waals surface area contributed by atoms with Gasteiger partial charge in [-0.2, -0.15) is 0 Å². The second-order valence-corrected chi connectivity index (χ2v) is 24.6. The lowest BCUT2D eigenvalue weighted by Crippen LogP contribution is -2.58. The van der Waals surface area contributed by atoms with E-state index in [9.17, 15) is 33.6 Å². The summed E-state index contributed by atoms with van der Waals surface area (Å²) < 4.78 is 22.8. The summed E-state index contributed by atoms with van der Waals surface area (Å²) in [5, 5.41) is 12.3. The SMILES string of the molecule is CN[C@@H](C)C(=O)N[C@H](C(=O)N1CC(NC(=O)CCOCCOCCOCCOCCC(=O)N2CCC(c3ccc(Cc4nc(N5CCC[C@@H](N6CCN(C)C6=O)C5)cnc4C(N)=O)cc3)CC2)C[C@H]1C(=O)NC1CCCc2ccccc21)C1CCCCC1. The molecule has 3 aromatic rings. The van der Waals surface area contributed by atoms with Crippen molar-refractivity contribution in [2.75, 3.05) is 118 Å². The van der Waals surface area contributed by atoms with E-state index < -0.39 is 30.1 Å². The fourth-order valence-corrected chi connectivity index (χ4v) is 13.5. The summed E-state index contributed by atoms with van der Waals surface area (Å²) in [5.74, 6) is -0.655. The number of likely N-dealkylation sites (N-methyl/N-ethyl adjacent to an activating group) is 2. The zero-order valence-electron chi connectivity index (χ0n) is 51.9. The number of amides is 8. The minimum absolute atomic E-state index is 0.0502. The number of rotatable bonds is 29. The van der Waals surface area contributed by atoms with Crippen LogP contribution in [-0.2, 0) is 55.8 Å². The molecule has 6 N–H and O–H groups in total. The lowest BCUT2D eigenvalue weighted by molar-refractivity contribution is -0.143. The van der Waals surface area contributed by atoms with Crippen LogP contribution in [0.25, 0.3) is 0 Å². The average molecular weight is 1220 g/mol. The van der Waals surface area contributed by atoms with Gasteiger partial charge < -0.3 is 70.4 Å². The molecular weight excluding hydrogens is 1120 g/mol. The first kappa shape index (κ1) is 65.7. The van der Waals surface area contributed by atoms with E-state index in [2.05, 4.69) is 67.5 Å². The zero-order valence-corrected chi connectivity index (χ0v) is 51.9. The summed E-state index contributed by atoms with van der Waals surface area (Å²) in [6.45, 7) is 8.64. The molecule has 1 saturated carbocycles. The highest BCUT2D eigenvalue weighted by atomic mass is 16.6. The lowest BCUT2D eigenvalue weighted by Gasteiger charge is -2.37. The summed E-state index contributed by atoms with van der Waals surface area (Å²) in [6, 6.07) is 13.9. The number of fused-ring (bicyclic) bond motifs is 1. The van der Waals surface area contributed by atoms with E-state index in [1.54, 1.807) is 30.0 Å². The average Bonchev–Trinajstić information content (AvgIpc) is 3.42. The zero-order chi connectivity index (χ0) is 61.9. The summed E-state index contributed by atoms with van der Waals surface area (Å²) in [4.78, 5) is 112. The van der Waals surface area contributed by atoms with Crippen LogP contribution in [0.15, 0.2) is 54.7 Å². The van der Waals surface area contributed by atoms with Gasteiger partial charge in [-0.25, -0.2) is 14.8 Å². The third-order valence-corrected chi connectivity index (χ3v) is 18.6. The number of hydrogen-bond acceptors (Lipinski definition) is 15. The van der Waals surface area contributed by atoms with Gasteiger partial charge in [-0.05, 0) is 112 Å². The van der Waals surface area contributed by atoms with Crippen molar-refractivity contribution < 1.29 is 52.5 Å². The fourth-order valence-electron chi connectivity index (χ4n) is 13.5. The predicted molar refractivity (Wildman–Crippen MR) is 330 cm³/mol. The van der Waals surface area contributed by atoms with Crippen LogP contribution in [0, 0.1) is 5.92 Å². The van der Waals surface area contributed by atoms with Crippen molar-refractivity contribution in [1.29, 1.82) is 0 Å². The Morgan fingerprint density at radius 2 is 1.43 bits per heavy atom. The van der Waals surface area contributed by atoms with Crippen LogP contribution in [0.5, 0.6) is 0 Å². The summed E-state index contributed by atoms with van der Waals surface area (Å²) in [7, 11) is 3.54. The molecule has 0 bridgehead atoms. The molecule has 1 aromatic heterocycles. The number of hydrogen-bond donors (Lipinski definition) is 5. The molecule has 2 unspecified atom stereocenters. The Balaban J connectivity index is 0.619. The number of likely N-dealkylation sites (tertiary alicyclic amines) is 2. The molecule has 2 aromatic carbocycles. The third kappa shape index (κ3) is 17.8. The van der Waals surface area contributed by atoms with E-state index in [0.29, 0.717) is 96.1 Å². The maximum atomic E-state index is 14.7. The molecule has 6 atom stereocenters. The fraction of sp³-hybridized carbons (Fsp3) is 0.646. The van der Waals surface area contributed by atoms with Crippen LogP contribution in [0.3, 0.4) is 0 Å². The number of anilines is 1. The van der Waals surface area contributed by atoms with Gasteiger partial charge in [-0.1, -0.05) is 67.8 Å². The molecule has 5 heterocycles. The van der Waals surface area contributed by atoms with Crippen molar-refractivity contribution in [3.63, 3.8) is 0 Å². The van der Waals surface area contributed by atoms with Crippen molar-refractivity contribution >= 4 is 47.3 Å². The number of ether oxygens (including phenoxy) is 4. The number of piperidine rings is 2. The van der Waals surface area contributed by atoms with Gasteiger partial charge in [0.15, 0.2) is 0 Å². The molecule has 23 nitrogen and oxygen atoms in total. The Bertz CT molecular complexity index is 2830. The summed E-state index contributed by atoms with van der Waals surface area (Å²) in [6.07, 6.45) is 13.5. The topological polar surface area (TPSA) is 273 Å². The number of carbonyl (C=O) groups is 7. The Hall–Kier alpha value is -6.79. The van der Waals surface area contributed by atoms with Crippen LogP contribution in [0.2, 0.25) is 0 Å². The van der Waals surface area contributed by atoms with E-state index in [1.165, 1.54) is 11.1 Å². The minimum atomic E-state index is -0.820. The predicted octanol–water partition coefficient (Wildman–Crippen LogP) is 4.01. The molecule has 4 aliphatic heterocycles. The number of primary amides is 1. The third-order valence-electron chi connectivity index (χ3n) is 18.6. The van der Waals surface area contributed by atoms with Crippen molar-refractivity contribution in [3.05, 3.63) is 88.4 Å². The smallest absolute Gasteiger partial charge is 0.320 e. The van der Waals surface area contributed by atoms with Crippen molar-refractivity contribution in [2.24, 2.45) is 11.7 Å². The van der Waals surface area contributed by atoms with Crippen molar-refractivity contribution in [3.8, 4) is 0 Å². The molecule has 8 amide bonds. The van der Waals surface area contributed by atoms with Gasteiger partial charge in [-0.15, -0.1) is 0 Å². The normalized spacial score (nSPS) is 21.7. The first-order valence-electron chi connectivity index (χ1n) is 32.3. The minimum Gasteiger partial charge on any atom is -0.379 e. The monoisotopic (exact) mass is 1220 g/mol. The first-order valence-corrected chi connectivity index (χ1v) is 32.3. The molecular formula is C65H94N12O11. The number of carbonyl (C=O) groups excluding carboxylic acids is 7. The van der Waals surface area contributed by atoms with Crippen LogP contribution in [0.4, 0.5) is 10.6 Å². The molecule has 5 fully saturated rings. The second-order valence-electron chi connectivity index (χ2n) is 24.6. The van der Waals surface area contributed by atoms with Crippen molar-refractivity contribution in [1.82, 2.24) is 50.8 Å². The molecule has 4 saturated heterocycles. The maximum absolute atomic E-state index is 14.7. The van der Waals surface area contributed by atoms with E-state index in [0.717, 1.165) is 101 Å². The number of aryl methyl sites for hydroxylation is 1. The van der Waals surface area contributed by atoms with Gasteiger partial charge >= 0.3 is 6.03 Å². The van der Waals surface area contributed by atoms with Crippen LogP contribution in [-0.4, -0.2) is 214 Å². The Labute approximate surface area is 518 Å². The van der Waals surface area contributed by atoms with Gasteiger partial charge in [-0.3, -0.25) is 28.8 Å². The molecule has 0 radical (unpaired) electrons. The second kappa shape index (κ2) is 32.6. The molecule has 2 aliphatic carbocycles. The van der Waals surface area contributed by atoms with Gasteiger partial charge in [0.1, 0.15) is 23.6 Å². The highest BCUT2D eigenvalue weighted by molar-refractivity contribution is 5.94. The quantitative estimate of drug-likeness (QED) is 0.0615. The van der Waals surface area contributed by atoms with Crippen LogP contribution < -0.4 is 31.9 Å². The molecule has 480 valence electrons. The number of urea groups is 1. The van der Waals surface area contributed by atoms with E-state index >= 15 is 0 Å². The van der Waals surface area contributed by atoms with Gasteiger partial charge in [0, 0.05) is 71.7 Å². The number of benzene rings is 2. The standard InChI is InChI=1S/C65H94N12O11/c1-44(67-2)62(81)72-59(49-12-5-4-6-13-49)64(83)77-42-50(40-55(77)63(82)71-53-17-9-14-48-11-7-8-16-52(48)53)69-57(78)24-31-85-33-35-87-37-38-88-36-34-86-32-25-58(79)74-27-22-47(23-28-74)46-20-18-45(19-21-46)39-54-60(61(66)80)68-41-56(70-54)75-26-10-15-51(43-75)76-30-29-73(3)65(76)84/h7-8,11,16,18-21,41,44,47,49-51,53,55,59,67H,4-6,9-10,12-15,17,22-40,42-43H2,1-3H3,(H2,66,80)(H,69,78)(H,71,82)(H,72,81)/t44-,50?,51+,53?,55-,59-/m0/s1. The molecule has 23 heteroatoms. The highest BCUT2D eigenvalue weighted by Gasteiger charge is 2.45. The number of nitrogens with one attached hydrogen (secondary N) is 4. The lowest BCUT2D eigenvalue weighted by atomic mass is 9.83. The first-order chi connectivity index (χ1) is 42.7. The number of nitrogens with two attached hydrogens (primary N) is 1. The van der Waals surface area contributed by atoms with E-state index in [1.807, 2.05) is 29.0 Å². The number of nitrogens with zero attached hydrogens (tertiary/aromatic N) is 7. The number of aromatic nitrogens is 2.